The van der Waals surface area contributed by atoms with E-state index in [1.807, 2.05) is 0 Å². The number of ether oxygens (including phenoxy) is 1. The third-order valence-corrected chi connectivity index (χ3v) is 5.64. The van der Waals surface area contributed by atoms with Gasteiger partial charge >= 0.3 is 5.97 Å². The van der Waals surface area contributed by atoms with Gasteiger partial charge in [-0.15, -0.1) is 0 Å². The molecule has 2 rings (SSSR count). The second-order valence-electron chi connectivity index (χ2n) is 8.84. The Hall–Kier alpha value is -4.49. The van der Waals surface area contributed by atoms with Gasteiger partial charge in [0.25, 0.3) is 0 Å². The first-order valence-electron chi connectivity index (χ1n) is 12.6. The van der Waals surface area contributed by atoms with Gasteiger partial charge in [-0.2, -0.15) is 0 Å². The number of rotatable bonds is 16. The molecule has 216 valence electrons. The lowest BCUT2D eigenvalue weighted by Crippen LogP contribution is -2.55. The van der Waals surface area contributed by atoms with Crippen molar-refractivity contribution in [3.8, 4) is 5.75 Å². The van der Waals surface area contributed by atoms with Crippen LogP contribution in [0.1, 0.15) is 18.1 Å². The largest absolute Gasteiger partial charge is 0.508 e. The van der Waals surface area contributed by atoms with E-state index in [9.17, 15) is 34.2 Å². The molecule has 0 heterocycles. The van der Waals surface area contributed by atoms with Crippen LogP contribution in [0.2, 0.25) is 0 Å². The van der Waals surface area contributed by atoms with Crippen molar-refractivity contribution in [2.75, 3.05) is 26.3 Å². The maximum atomic E-state index is 12.9. The molecule has 0 aliphatic carbocycles. The number of nitrogens with two attached hydrogens (primary N) is 1. The highest BCUT2D eigenvalue weighted by Crippen LogP contribution is 2.11. The number of carbonyl (C=O) groups excluding carboxylic acids is 4. The fraction of sp³-hybridized carbons (Fsp3) is 0.370. The van der Waals surface area contributed by atoms with E-state index in [-0.39, 0.29) is 31.8 Å². The van der Waals surface area contributed by atoms with Crippen molar-refractivity contribution in [1.29, 1.82) is 0 Å². The van der Waals surface area contributed by atoms with Gasteiger partial charge in [-0.3, -0.25) is 19.2 Å². The third-order valence-electron chi connectivity index (χ3n) is 5.64. The number of carbonyl (C=O) groups is 5. The normalized spacial score (nSPS) is 12.8. The summed E-state index contributed by atoms with van der Waals surface area (Å²) >= 11 is 0. The highest BCUT2D eigenvalue weighted by Gasteiger charge is 2.27. The smallest absolute Gasteiger partial charge is 0.328 e. The lowest BCUT2D eigenvalue weighted by molar-refractivity contribution is -0.144. The van der Waals surface area contributed by atoms with Crippen molar-refractivity contribution in [3.63, 3.8) is 0 Å². The van der Waals surface area contributed by atoms with Crippen LogP contribution >= 0.6 is 0 Å². The summed E-state index contributed by atoms with van der Waals surface area (Å²) in [7, 11) is 0. The quantitative estimate of drug-likeness (QED) is 0.132. The zero-order valence-corrected chi connectivity index (χ0v) is 22.1. The number of hydrogen-bond donors (Lipinski definition) is 7. The first-order valence-corrected chi connectivity index (χ1v) is 12.6. The van der Waals surface area contributed by atoms with Crippen LogP contribution in [0.15, 0.2) is 54.6 Å². The Labute approximate surface area is 231 Å². The van der Waals surface area contributed by atoms with Crippen LogP contribution in [0, 0.1) is 0 Å². The number of benzene rings is 2. The van der Waals surface area contributed by atoms with Gasteiger partial charge in [0.05, 0.1) is 25.7 Å². The molecule has 13 heteroatoms. The fourth-order valence-corrected chi connectivity index (χ4v) is 3.51. The van der Waals surface area contributed by atoms with Gasteiger partial charge in [0.2, 0.25) is 23.6 Å². The Kier molecular flexibility index (Phi) is 13.1. The van der Waals surface area contributed by atoms with Crippen molar-refractivity contribution in [3.05, 3.63) is 65.7 Å². The number of nitrogens with one attached hydrogen (secondary N) is 4. The first-order chi connectivity index (χ1) is 19.1. The minimum absolute atomic E-state index is 0.0717. The lowest BCUT2D eigenvalue weighted by atomic mass is 10.0. The summed E-state index contributed by atoms with van der Waals surface area (Å²) < 4.78 is 5.11. The van der Waals surface area contributed by atoms with Crippen LogP contribution in [0.5, 0.6) is 5.75 Å². The molecule has 40 heavy (non-hydrogen) atoms. The van der Waals surface area contributed by atoms with Crippen molar-refractivity contribution >= 4 is 29.6 Å². The summed E-state index contributed by atoms with van der Waals surface area (Å²) in [5.41, 5.74) is 7.31. The molecule has 13 nitrogen and oxygen atoms in total. The summed E-state index contributed by atoms with van der Waals surface area (Å²) in [6.45, 7) is 0.776. The molecule has 2 aromatic carbocycles. The van der Waals surface area contributed by atoms with E-state index in [1.165, 1.54) is 12.1 Å². The maximum Gasteiger partial charge on any atom is 0.328 e. The second kappa shape index (κ2) is 16.5. The van der Waals surface area contributed by atoms with Gasteiger partial charge in [0.15, 0.2) is 6.04 Å². The minimum Gasteiger partial charge on any atom is -0.508 e. The Morgan fingerprint density at radius 1 is 0.800 bits per heavy atom. The Morgan fingerprint density at radius 2 is 1.43 bits per heavy atom. The van der Waals surface area contributed by atoms with Crippen molar-refractivity contribution in [2.45, 2.75) is 37.9 Å². The highest BCUT2D eigenvalue weighted by molar-refractivity contribution is 5.93. The van der Waals surface area contributed by atoms with E-state index in [0.29, 0.717) is 0 Å². The second-order valence-corrected chi connectivity index (χ2v) is 8.84. The summed E-state index contributed by atoms with van der Waals surface area (Å²) in [6, 6.07) is 11.6. The molecule has 8 N–H and O–H groups in total. The molecule has 0 aliphatic rings. The highest BCUT2D eigenvalue weighted by atomic mass is 16.5. The SMILES string of the molecule is CCOC[C@H](NC(=O)[C@H](Cc1ccccc1)NC(=O)CNC(=O)CNC(=O)[C@@H](N)Cc1ccc(O)cc1)C(=O)O. The van der Waals surface area contributed by atoms with Gasteiger partial charge < -0.3 is 42.0 Å². The minimum atomic E-state index is -1.31. The average Bonchev–Trinajstić information content (AvgIpc) is 2.93. The van der Waals surface area contributed by atoms with E-state index >= 15 is 0 Å². The summed E-state index contributed by atoms with van der Waals surface area (Å²) in [6.07, 6.45) is 0.261. The van der Waals surface area contributed by atoms with E-state index in [2.05, 4.69) is 21.3 Å². The van der Waals surface area contributed by atoms with Crippen LogP contribution in [0.25, 0.3) is 0 Å². The van der Waals surface area contributed by atoms with Crippen LogP contribution in [-0.2, 0) is 41.6 Å². The van der Waals surface area contributed by atoms with Crippen molar-refractivity contribution in [2.24, 2.45) is 5.73 Å². The molecule has 0 bridgehead atoms. The number of phenols is 1. The average molecular weight is 558 g/mol. The Balaban J connectivity index is 1.88. The van der Waals surface area contributed by atoms with Crippen LogP contribution in [0.4, 0.5) is 0 Å². The number of carboxylic acid groups (broad SMARTS) is 1. The lowest BCUT2D eigenvalue weighted by Gasteiger charge is -2.22. The molecular formula is C27H35N5O8. The molecule has 0 aromatic heterocycles. The standard InChI is InChI=1S/C27H35N5O8/c1-2-40-16-22(27(38)39)32-26(37)21(13-17-6-4-3-5-7-17)31-24(35)15-29-23(34)14-30-25(36)20(28)12-18-8-10-19(33)11-9-18/h3-11,20-22,33H,2,12-16,28H2,1H3,(H,29,34)(H,30,36)(H,31,35)(H,32,37)(H,38,39)/t20-,21-,22-/m0/s1. The molecule has 0 saturated heterocycles. The summed E-state index contributed by atoms with van der Waals surface area (Å²) in [5.74, 6) is -3.87. The number of aromatic hydroxyl groups is 1. The zero-order valence-electron chi connectivity index (χ0n) is 22.1. The zero-order chi connectivity index (χ0) is 29.5. The van der Waals surface area contributed by atoms with Gasteiger partial charge in [0, 0.05) is 13.0 Å². The monoisotopic (exact) mass is 557 g/mol. The van der Waals surface area contributed by atoms with Crippen LogP contribution in [-0.4, -0.2) is 84.2 Å². The molecule has 2 aromatic rings. The molecule has 0 saturated carbocycles. The Morgan fingerprint density at radius 3 is 2.05 bits per heavy atom. The van der Waals surface area contributed by atoms with Gasteiger partial charge in [-0.05, 0) is 36.6 Å². The van der Waals surface area contributed by atoms with Gasteiger partial charge in [0.1, 0.15) is 11.8 Å². The van der Waals surface area contributed by atoms with Crippen molar-refractivity contribution < 1.29 is 38.9 Å². The maximum absolute atomic E-state index is 12.9. The number of amides is 4. The molecule has 0 fully saturated rings. The molecule has 3 atom stereocenters. The van der Waals surface area contributed by atoms with Gasteiger partial charge in [-0.1, -0.05) is 42.5 Å². The number of hydrogen-bond acceptors (Lipinski definition) is 8. The molecule has 0 radical (unpaired) electrons. The molecule has 0 unspecified atom stereocenters. The topological polar surface area (TPSA) is 209 Å². The van der Waals surface area contributed by atoms with E-state index < -0.39 is 60.8 Å². The Bertz CT molecular complexity index is 1140. The van der Waals surface area contributed by atoms with E-state index in [4.69, 9.17) is 10.5 Å². The molecular weight excluding hydrogens is 522 g/mol. The van der Waals surface area contributed by atoms with E-state index in [0.717, 1.165) is 11.1 Å². The number of aliphatic carboxylic acids is 1. The van der Waals surface area contributed by atoms with Gasteiger partial charge in [-0.25, -0.2) is 4.79 Å². The van der Waals surface area contributed by atoms with Crippen molar-refractivity contribution in [1.82, 2.24) is 21.3 Å². The molecule has 4 amide bonds. The summed E-state index contributed by atoms with van der Waals surface area (Å²) in [5, 5.41) is 28.3. The number of carboxylic acids is 1. The molecule has 0 spiro atoms. The molecule has 0 aliphatic heterocycles. The van der Waals surface area contributed by atoms with Crippen LogP contribution in [0.3, 0.4) is 0 Å². The predicted octanol–water partition coefficient (Wildman–Crippen LogP) is -1.17. The predicted molar refractivity (Wildman–Crippen MR) is 144 cm³/mol. The summed E-state index contributed by atoms with van der Waals surface area (Å²) in [4.78, 5) is 61.3. The third kappa shape index (κ3) is 11.5. The van der Waals surface area contributed by atoms with Crippen LogP contribution < -0.4 is 27.0 Å². The number of phenolic OH excluding ortho intramolecular Hbond substituents is 1. The first kappa shape index (κ1) is 31.7. The van der Waals surface area contributed by atoms with E-state index in [1.54, 1.807) is 49.4 Å². The fourth-order valence-electron chi connectivity index (χ4n) is 3.51.